The summed E-state index contributed by atoms with van der Waals surface area (Å²) in [7, 11) is 0. The molecule has 4 aromatic rings. The zero-order chi connectivity index (χ0) is 21.9. The van der Waals surface area contributed by atoms with Gasteiger partial charge in [-0.1, -0.05) is 23.4 Å². The highest BCUT2D eigenvalue weighted by Gasteiger charge is 2.36. The minimum atomic E-state index is -1.11. The molecule has 0 spiro atoms. The van der Waals surface area contributed by atoms with Crippen LogP contribution in [0.3, 0.4) is 0 Å². The number of rotatable bonds is 2. The number of nitrogens with zero attached hydrogens (tertiary/aromatic N) is 3. The number of halogens is 4. The van der Waals surface area contributed by atoms with Gasteiger partial charge >= 0.3 is 0 Å². The van der Waals surface area contributed by atoms with Gasteiger partial charge in [-0.3, -0.25) is 9.59 Å². The van der Waals surface area contributed by atoms with Crippen LogP contribution in [0.2, 0.25) is 0 Å². The maximum Gasteiger partial charge on any atom is 0.216 e. The number of fused-ring (bicyclic) bond motifs is 2. The third-order valence-electron chi connectivity index (χ3n) is 4.99. The quantitative estimate of drug-likeness (QED) is 0.398. The van der Waals surface area contributed by atoms with E-state index in [0.717, 1.165) is 41.1 Å². The molecule has 152 valence electrons. The van der Waals surface area contributed by atoms with Crippen LogP contribution < -0.4 is 0 Å². The molecule has 0 aliphatic heterocycles. The van der Waals surface area contributed by atoms with Crippen molar-refractivity contribution < 1.29 is 27.2 Å². The topological polar surface area (TPSA) is 64.8 Å². The van der Waals surface area contributed by atoms with Gasteiger partial charge in [0.15, 0.2) is 5.69 Å². The van der Waals surface area contributed by atoms with Crippen LogP contribution in [0.15, 0.2) is 54.6 Å². The summed E-state index contributed by atoms with van der Waals surface area (Å²) in [6.45, 7) is 0. The Morgan fingerprint density at radius 2 is 1.42 bits per heavy atom. The van der Waals surface area contributed by atoms with E-state index in [1.165, 1.54) is 18.2 Å². The van der Waals surface area contributed by atoms with E-state index in [9.17, 15) is 27.2 Å². The monoisotopic (exact) mass is 423 g/mol. The molecule has 31 heavy (non-hydrogen) atoms. The average molecular weight is 423 g/mol. The Hall–Kier alpha value is -4.14. The van der Waals surface area contributed by atoms with Crippen molar-refractivity contribution in [3.05, 3.63) is 100 Å². The third kappa shape index (κ3) is 2.77. The molecular formula is C22H9F4N3O2. The van der Waals surface area contributed by atoms with Crippen LogP contribution >= 0.6 is 0 Å². The Kier molecular flexibility index (Phi) is 4.07. The molecule has 1 aromatic heterocycles. The van der Waals surface area contributed by atoms with Crippen LogP contribution in [0.5, 0.6) is 0 Å². The summed E-state index contributed by atoms with van der Waals surface area (Å²) in [4.78, 5) is 25.5. The number of hydrogen-bond donors (Lipinski definition) is 0. The number of hydrogen-bond acceptors (Lipinski definition) is 4. The lowest BCUT2D eigenvalue weighted by Gasteiger charge is -2.15. The van der Waals surface area contributed by atoms with Crippen molar-refractivity contribution in [2.75, 3.05) is 0 Å². The second-order valence-corrected chi connectivity index (χ2v) is 6.81. The van der Waals surface area contributed by atoms with Gasteiger partial charge in [0.1, 0.15) is 29.0 Å². The smallest absolute Gasteiger partial charge is 0.216 e. The number of benzene rings is 3. The van der Waals surface area contributed by atoms with Crippen molar-refractivity contribution in [1.82, 2.24) is 15.0 Å². The van der Waals surface area contributed by atoms with Gasteiger partial charge in [0, 0.05) is 28.8 Å². The minimum Gasteiger partial charge on any atom is -0.287 e. The number of aromatic nitrogens is 3. The molecule has 0 saturated heterocycles. The van der Waals surface area contributed by atoms with Gasteiger partial charge in [-0.25, -0.2) is 22.2 Å². The molecule has 0 atom stereocenters. The molecule has 0 radical (unpaired) electrons. The molecular weight excluding hydrogens is 414 g/mol. The maximum atomic E-state index is 14.8. The lowest BCUT2D eigenvalue weighted by atomic mass is 9.90. The van der Waals surface area contributed by atoms with Gasteiger partial charge in [0.05, 0.1) is 11.3 Å². The first kappa shape index (κ1) is 18.9. The van der Waals surface area contributed by atoms with Crippen LogP contribution in [-0.4, -0.2) is 26.6 Å². The Morgan fingerprint density at radius 1 is 0.710 bits per heavy atom. The first-order valence-corrected chi connectivity index (χ1v) is 8.96. The van der Waals surface area contributed by atoms with Crippen molar-refractivity contribution in [3.63, 3.8) is 0 Å². The van der Waals surface area contributed by atoms with Gasteiger partial charge in [-0.05, 0) is 24.3 Å². The summed E-state index contributed by atoms with van der Waals surface area (Å²) in [5.74, 6) is -5.19. The van der Waals surface area contributed by atoms with Crippen molar-refractivity contribution in [2.24, 2.45) is 0 Å². The summed E-state index contributed by atoms with van der Waals surface area (Å²) >= 11 is 0. The summed E-state index contributed by atoms with van der Waals surface area (Å²) in [5, 5.41) is 7.38. The van der Waals surface area contributed by atoms with Crippen molar-refractivity contribution >= 4 is 11.6 Å². The summed E-state index contributed by atoms with van der Waals surface area (Å²) in [5.41, 5.74) is -2.03. The second-order valence-electron chi connectivity index (χ2n) is 6.81. The van der Waals surface area contributed by atoms with E-state index in [4.69, 9.17) is 0 Å². The maximum absolute atomic E-state index is 14.8. The normalized spacial score (nSPS) is 12.6. The van der Waals surface area contributed by atoms with Gasteiger partial charge < -0.3 is 0 Å². The molecule has 5 nitrogen and oxygen atoms in total. The van der Waals surface area contributed by atoms with Crippen LogP contribution in [0.4, 0.5) is 17.6 Å². The molecule has 3 aromatic carbocycles. The first-order chi connectivity index (χ1) is 14.9. The predicted molar refractivity (Wildman–Crippen MR) is 99.9 cm³/mol. The second kappa shape index (κ2) is 6.69. The van der Waals surface area contributed by atoms with Crippen molar-refractivity contribution in [1.29, 1.82) is 0 Å². The minimum absolute atomic E-state index is 0.0433. The van der Waals surface area contributed by atoms with Gasteiger partial charge in [-0.15, -0.1) is 5.10 Å². The highest BCUT2D eigenvalue weighted by atomic mass is 19.1. The molecule has 0 amide bonds. The van der Waals surface area contributed by atoms with Crippen LogP contribution in [0.1, 0.15) is 32.1 Å². The molecule has 5 rings (SSSR count). The Labute approximate surface area is 171 Å². The molecule has 0 unspecified atom stereocenters. The highest BCUT2D eigenvalue weighted by molar-refractivity contribution is 6.27. The highest BCUT2D eigenvalue weighted by Crippen LogP contribution is 2.32. The van der Waals surface area contributed by atoms with E-state index in [-0.39, 0.29) is 33.8 Å². The molecule has 9 heteroatoms. The molecule has 1 heterocycles. The fraction of sp³-hybridized carbons (Fsp3) is 0. The van der Waals surface area contributed by atoms with Gasteiger partial charge in [-0.2, -0.15) is 0 Å². The first-order valence-electron chi connectivity index (χ1n) is 8.96. The summed E-state index contributed by atoms with van der Waals surface area (Å²) in [6, 6.07) is 9.89. The summed E-state index contributed by atoms with van der Waals surface area (Å²) < 4.78 is 58.1. The fourth-order valence-corrected chi connectivity index (χ4v) is 3.58. The van der Waals surface area contributed by atoms with Gasteiger partial charge in [0.2, 0.25) is 11.6 Å². The molecule has 1 aliphatic rings. The number of carbonyl (C=O) groups is 2. The van der Waals surface area contributed by atoms with Gasteiger partial charge in [0.25, 0.3) is 0 Å². The van der Waals surface area contributed by atoms with Crippen LogP contribution in [0.25, 0.3) is 16.8 Å². The molecule has 0 fully saturated rings. The predicted octanol–water partition coefficient (Wildman–Crippen LogP) is 4.27. The average Bonchev–Trinajstić information content (AvgIpc) is 3.18. The molecule has 0 bridgehead atoms. The lowest BCUT2D eigenvalue weighted by Crippen LogP contribution is -2.23. The standard InChI is InChI=1S/C22H9F4N3O2/c23-10-5-6-12-14(7-10)22(31)20-19(21(12)30)27-28-29(20)11-8-16(25)18(17(26)9-11)13-3-1-2-4-15(13)24/h1-9H. The zero-order valence-electron chi connectivity index (χ0n) is 15.4. The third-order valence-corrected chi connectivity index (χ3v) is 4.99. The molecule has 0 N–H and O–H groups in total. The van der Waals surface area contributed by atoms with Crippen molar-refractivity contribution in [2.45, 2.75) is 0 Å². The number of ketones is 2. The largest absolute Gasteiger partial charge is 0.287 e. The van der Waals surface area contributed by atoms with E-state index in [2.05, 4.69) is 10.3 Å². The SMILES string of the molecule is O=C1c2ccc(F)cc2C(=O)c2c1nnn2-c1cc(F)c(-c2ccccc2F)c(F)c1. The van der Waals surface area contributed by atoms with E-state index in [0.29, 0.717) is 0 Å². The van der Waals surface area contributed by atoms with E-state index in [1.54, 1.807) is 0 Å². The van der Waals surface area contributed by atoms with E-state index < -0.39 is 40.4 Å². The lowest BCUT2D eigenvalue weighted by molar-refractivity contribution is 0.0972. The fourth-order valence-electron chi connectivity index (χ4n) is 3.58. The summed E-state index contributed by atoms with van der Waals surface area (Å²) in [6.07, 6.45) is 0. The molecule has 1 aliphatic carbocycles. The van der Waals surface area contributed by atoms with E-state index >= 15 is 0 Å². The zero-order valence-corrected chi connectivity index (χ0v) is 15.4. The Bertz CT molecular complexity index is 1410. The van der Waals surface area contributed by atoms with E-state index in [1.807, 2.05) is 0 Å². The molecule has 0 saturated carbocycles. The van der Waals surface area contributed by atoms with Crippen molar-refractivity contribution in [3.8, 4) is 16.8 Å². The number of carbonyl (C=O) groups excluding carboxylic acids is 2. The van der Waals surface area contributed by atoms with Crippen LogP contribution in [0, 0.1) is 23.3 Å². The Balaban J connectivity index is 1.67. The Morgan fingerprint density at radius 3 is 2.13 bits per heavy atom. The van der Waals surface area contributed by atoms with Crippen LogP contribution in [-0.2, 0) is 0 Å².